The molecule has 0 unspecified atom stereocenters. The van der Waals surface area contributed by atoms with Crippen LogP contribution in [-0.4, -0.2) is 40.0 Å². The summed E-state index contributed by atoms with van der Waals surface area (Å²) in [4.78, 5) is 38.9. The standard InChI is InChI=1S/C23H22N6O3S/c1-13(2)25-20(30)15-6-4-5-7-17(15)27-22(31)29-23-28-18-10-9-16(26-21(18)33-23)14-8-11-19(32-3)24-12-14/h4-13H,1-3H3,(H,25,30)(H2,27,28,29,31). The number of methoxy groups -OCH3 is 1. The highest BCUT2D eigenvalue weighted by atomic mass is 32.1. The predicted octanol–water partition coefficient (Wildman–Crippen LogP) is 4.54. The molecule has 3 aromatic heterocycles. The van der Waals surface area contributed by atoms with Crippen molar-refractivity contribution in [1.29, 1.82) is 0 Å². The van der Waals surface area contributed by atoms with Crippen LogP contribution in [-0.2, 0) is 0 Å². The summed E-state index contributed by atoms with van der Waals surface area (Å²) in [5.41, 5.74) is 3.03. The molecule has 10 heteroatoms. The number of hydrogen-bond donors (Lipinski definition) is 3. The van der Waals surface area contributed by atoms with Crippen LogP contribution in [0.1, 0.15) is 24.2 Å². The Hall–Kier alpha value is -4.05. The monoisotopic (exact) mass is 462 g/mol. The number of hydrogen-bond acceptors (Lipinski definition) is 7. The Morgan fingerprint density at radius 1 is 1.00 bits per heavy atom. The Bertz CT molecular complexity index is 1300. The number of rotatable bonds is 6. The van der Waals surface area contributed by atoms with Crippen molar-refractivity contribution in [2.24, 2.45) is 0 Å². The van der Waals surface area contributed by atoms with Gasteiger partial charge in [0.15, 0.2) is 5.13 Å². The number of carbonyl (C=O) groups is 2. The number of urea groups is 1. The number of anilines is 2. The number of para-hydroxylation sites is 1. The van der Waals surface area contributed by atoms with E-state index in [4.69, 9.17) is 4.74 Å². The van der Waals surface area contributed by atoms with Gasteiger partial charge in [-0.2, -0.15) is 0 Å². The summed E-state index contributed by atoms with van der Waals surface area (Å²) in [7, 11) is 1.56. The van der Waals surface area contributed by atoms with Gasteiger partial charge < -0.3 is 15.4 Å². The topological polar surface area (TPSA) is 118 Å². The van der Waals surface area contributed by atoms with Crippen LogP contribution in [0.4, 0.5) is 15.6 Å². The summed E-state index contributed by atoms with van der Waals surface area (Å²) in [6.07, 6.45) is 1.69. The first-order chi connectivity index (χ1) is 15.9. The SMILES string of the molecule is COc1ccc(-c2ccc3nc(NC(=O)Nc4ccccc4C(=O)NC(C)C)sc3n2)cn1. The predicted molar refractivity (Wildman–Crippen MR) is 129 cm³/mol. The molecule has 0 fully saturated rings. The highest BCUT2D eigenvalue weighted by molar-refractivity contribution is 7.22. The van der Waals surface area contributed by atoms with Gasteiger partial charge in [0, 0.05) is 23.9 Å². The fourth-order valence-electron chi connectivity index (χ4n) is 3.06. The zero-order valence-electron chi connectivity index (χ0n) is 18.2. The lowest BCUT2D eigenvalue weighted by atomic mass is 10.1. The number of nitrogens with one attached hydrogen (secondary N) is 3. The molecule has 1 aromatic carbocycles. The molecule has 0 bridgehead atoms. The maximum Gasteiger partial charge on any atom is 0.325 e. The summed E-state index contributed by atoms with van der Waals surface area (Å²) in [5, 5.41) is 8.66. The second kappa shape index (κ2) is 9.61. The van der Waals surface area contributed by atoms with Gasteiger partial charge in [-0.3, -0.25) is 10.1 Å². The molecule has 33 heavy (non-hydrogen) atoms. The molecule has 0 atom stereocenters. The molecule has 3 N–H and O–H groups in total. The van der Waals surface area contributed by atoms with E-state index in [1.807, 2.05) is 32.0 Å². The lowest BCUT2D eigenvalue weighted by molar-refractivity contribution is 0.0944. The van der Waals surface area contributed by atoms with E-state index in [-0.39, 0.29) is 11.9 Å². The van der Waals surface area contributed by atoms with Crippen molar-refractivity contribution < 1.29 is 14.3 Å². The summed E-state index contributed by atoms with van der Waals surface area (Å²) in [5.74, 6) is 0.268. The van der Waals surface area contributed by atoms with Crippen LogP contribution in [0.5, 0.6) is 5.88 Å². The van der Waals surface area contributed by atoms with Gasteiger partial charge in [-0.25, -0.2) is 19.7 Å². The molecule has 4 rings (SSSR count). The van der Waals surface area contributed by atoms with Crippen molar-refractivity contribution >= 4 is 44.4 Å². The molecule has 0 aliphatic carbocycles. The number of pyridine rings is 2. The normalized spacial score (nSPS) is 10.8. The highest BCUT2D eigenvalue weighted by Crippen LogP contribution is 2.28. The number of ether oxygens (including phenoxy) is 1. The fourth-order valence-corrected chi connectivity index (χ4v) is 3.90. The first-order valence-electron chi connectivity index (χ1n) is 10.2. The van der Waals surface area contributed by atoms with E-state index in [9.17, 15) is 9.59 Å². The molecular weight excluding hydrogens is 440 g/mol. The second-order valence-corrected chi connectivity index (χ2v) is 8.36. The van der Waals surface area contributed by atoms with E-state index in [1.165, 1.54) is 11.3 Å². The van der Waals surface area contributed by atoms with E-state index in [2.05, 4.69) is 30.9 Å². The van der Waals surface area contributed by atoms with Gasteiger partial charge in [0.2, 0.25) is 5.88 Å². The molecule has 0 saturated carbocycles. The van der Waals surface area contributed by atoms with Gasteiger partial charge >= 0.3 is 6.03 Å². The van der Waals surface area contributed by atoms with Gasteiger partial charge in [-0.1, -0.05) is 23.5 Å². The number of benzene rings is 1. The average Bonchev–Trinajstić information content (AvgIpc) is 3.20. The smallest absolute Gasteiger partial charge is 0.325 e. The Morgan fingerprint density at radius 2 is 1.82 bits per heavy atom. The maximum atomic E-state index is 12.6. The van der Waals surface area contributed by atoms with E-state index < -0.39 is 6.03 Å². The van der Waals surface area contributed by atoms with Crippen molar-refractivity contribution in [3.8, 4) is 17.1 Å². The summed E-state index contributed by atoms with van der Waals surface area (Å²) in [6.45, 7) is 3.75. The molecule has 3 amide bonds. The number of thiazole rings is 1. The minimum absolute atomic E-state index is 0.0202. The molecule has 0 radical (unpaired) electrons. The van der Waals surface area contributed by atoms with Gasteiger partial charge in [0.25, 0.3) is 5.91 Å². The first kappa shape index (κ1) is 22.2. The van der Waals surface area contributed by atoms with Gasteiger partial charge in [0.1, 0.15) is 10.3 Å². The average molecular weight is 463 g/mol. The molecule has 0 aliphatic rings. The van der Waals surface area contributed by atoms with Crippen LogP contribution >= 0.6 is 11.3 Å². The molecule has 4 aromatic rings. The first-order valence-corrected chi connectivity index (χ1v) is 11.0. The third kappa shape index (κ3) is 5.24. The Morgan fingerprint density at radius 3 is 2.55 bits per heavy atom. The van der Waals surface area contributed by atoms with E-state index in [1.54, 1.807) is 43.6 Å². The third-order valence-corrected chi connectivity index (χ3v) is 5.44. The van der Waals surface area contributed by atoms with Gasteiger partial charge in [-0.15, -0.1) is 0 Å². The zero-order chi connectivity index (χ0) is 23.4. The number of aromatic nitrogens is 3. The maximum absolute atomic E-state index is 12.6. The molecule has 0 saturated heterocycles. The van der Waals surface area contributed by atoms with Crippen LogP contribution in [0, 0.1) is 0 Å². The van der Waals surface area contributed by atoms with Crippen molar-refractivity contribution in [3.63, 3.8) is 0 Å². The molecule has 0 aliphatic heterocycles. The number of carbonyl (C=O) groups excluding carboxylic acids is 2. The second-order valence-electron chi connectivity index (χ2n) is 7.38. The molecular formula is C23H22N6O3S. The van der Waals surface area contributed by atoms with Gasteiger partial charge in [-0.05, 0) is 44.2 Å². The summed E-state index contributed by atoms with van der Waals surface area (Å²) in [6, 6.07) is 13.6. The summed E-state index contributed by atoms with van der Waals surface area (Å²) < 4.78 is 5.09. The van der Waals surface area contributed by atoms with E-state index in [0.717, 1.165) is 11.3 Å². The van der Waals surface area contributed by atoms with Crippen LogP contribution in [0.15, 0.2) is 54.7 Å². The molecule has 3 heterocycles. The minimum Gasteiger partial charge on any atom is -0.481 e. The quantitative estimate of drug-likeness (QED) is 0.387. The van der Waals surface area contributed by atoms with Crippen molar-refractivity contribution in [2.75, 3.05) is 17.7 Å². The highest BCUT2D eigenvalue weighted by Gasteiger charge is 2.15. The van der Waals surface area contributed by atoms with Crippen molar-refractivity contribution in [2.45, 2.75) is 19.9 Å². The summed E-state index contributed by atoms with van der Waals surface area (Å²) >= 11 is 1.25. The Labute approximate surface area is 194 Å². The fraction of sp³-hybridized carbons (Fsp3) is 0.174. The largest absolute Gasteiger partial charge is 0.481 e. The van der Waals surface area contributed by atoms with Crippen LogP contribution in [0.3, 0.4) is 0 Å². The van der Waals surface area contributed by atoms with E-state index in [0.29, 0.717) is 32.6 Å². The lowest BCUT2D eigenvalue weighted by Crippen LogP contribution is -2.31. The Balaban J connectivity index is 1.49. The van der Waals surface area contributed by atoms with Crippen LogP contribution in [0.2, 0.25) is 0 Å². The Kier molecular flexibility index (Phi) is 6.45. The van der Waals surface area contributed by atoms with Crippen molar-refractivity contribution in [1.82, 2.24) is 20.3 Å². The molecule has 168 valence electrons. The third-order valence-electron chi connectivity index (χ3n) is 4.56. The zero-order valence-corrected chi connectivity index (χ0v) is 19.1. The number of nitrogens with zero attached hydrogens (tertiary/aromatic N) is 3. The lowest BCUT2D eigenvalue weighted by Gasteiger charge is -2.13. The van der Waals surface area contributed by atoms with Crippen LogP contribution in [0.25, 0.3) is 21.6 Å². The minimum atomic E-state index is -0.501. The van der Waals surface area contributed by atoms with Crippen molar-refractivity contribution in [3.05, 3.63) is 60.3 Å². The van der Waals surface area contributed by atoms with Crippen LogP contribution < -0.4 is 20.7 Å². The number of fused-ring (bicyclic) bond motifs is 1. The number of amides is 3. The van der Waals surface area contributed by atoms with E-state index >= 15 is 0 Å². The molecule has 0 spiro atoms. The molecule has 9 nitrogen and oxygen atoms in total. The van der Waals surface area contributed by atoms with Gasteiger partial charge in [0.05, 0.1) is 24.1 Å².